The topological polar surface area (TPSA) is 93.4 Å². The number of nitrogens with zero attached hydrogens (tertiary/aromatic N) is 4. The van der Waals surface area contributed by atoms with Gasteiger partial charge in [0.05, 0.1) is 30.4 Å². The summed E-state index contributed by atoms with van der Waals surface area (Å²) < 4.78 is 7.08. The molecule has 3 rings (SSSR count). The first kappa shape index (κ1) is 21.5. The Kier molecular flexibility index (Phi) is 7.18. The highest BCUT2D eigenvalue weighted by Gasteiger charge is 2.20. The number of carbonyl (C=O) groups excluding carboxylic acids is 1. The Bertz CT molecular complexity index is 1010. The molecule has 2 aromatic heterocycles. The minimum absolute atomic E-state index is 0.119. The van der Waals surface area contributed by atoms with Crippen LogP contribution in [-0.2, 0) is 11.3 Å². The number of aryl methyl sites for hydroxylation is 1. The van der Waals surface area contributed by atoms with Gasteiger partial charge in [-0.3, -0.25) is 4.99 Å². The standard InChI is InChI=1S/C21H26N6O2S/c1-5-29-20(28)18-14(2)25-19(30-18)15(3)26-21(22-4)24-12-16-8-6-7-9-17(16)27-11-10-23-13-27/h6-11,13,15H,5,12H2,1-4H3,(H2,22,24,26). The summed E-state index contributed by atoms with van der Waals surface area (Å²) in [6.45, 7) is 6.53. The molecule has 0 radical (unpaired) electrons. The van der Waals surface area contributed by atoms with Gasteiger partial charge in [-0.25, -0.2) is 14.8 Å². The molecule has 0 fully saturated rings. The zero-order valence-corrected chi connectivity index (χ0v) is 18.4. The monoisotopic (exact) mass is 426 g/mol. The minimum Gasteiger partial charge on any atom is -0.462 e. The van der Waals surface area contributed by atoms with E-state index in [1.165, 1.54) is 11.3 Å². The van der Waals surface area contributed by atoms with E-state index in [-0.39, 0.29) is 12.0 Å². The molecule has 0 saturated heterocycles. The first-order chi connectivity index (χ1) is 14.5. The Labute approximate surface area is 180 Å². The molecule has 2 N–H and O–H groups in total. The third kappa shape index (κ3) is 5.04. The fourth-order valence-electron chi connectivity index (χ4n) is 2.94. The molecule has 8 nitrogen and oxygen atoms in total. The van der Waals surface area contributed by atoms with Gasteiger partial charge in [-0.15, -0.1) is 11.3 Å². The second-order valence-electron chi connectivity index (χ2n) is 6.58. The van der Waals surface area contributed by atoms with Gasteiger partial charge in [0.25, 0.3) is 0 Å². The number of aromatic nitrogens is 3. The van der Waals surface area contributed by atoms with Crippen molar-refractivity contribution in [2.45, 2.75) is 33.4 Å². The zero-order valence-electron chi connectivity index (χ0n) is 17.5. The Balaban J connectivity index is 1.66. The van der Waals surface area contributed by atoms with Crippen LogP contribution in [0.15, 0.2) is 48.0 Å². The molecule has 2 heterocycles. The van der Waals surface area contributed by atoms with Crippen LogP contribution in [0.5, 0.6) is 0 Å². The van der Waals surface area contributed by atoms with E-state index in [4.69, 9.17) is 4.74 Å². The van der Waals surface area contributed by atoms with Crippen LogP contribution < -0.4 is 10.6 Å². The molecule has 9 heteroatoms. The van der Waals surface area contributed by atoms with Crippen LogP contribution in [0.2, 0.25) is 0 Å². The minimum atomic E-state index is -0.329. The third-order valence-corrected chi connectivity index (χ3v) is 5.76. The average Bonchev–Trinajstić information content (AvgIpc) is 3.41. The van der Waals surface area contributed by atoms with Crippen molar-refractivity contribution in [1.82, 2.24) is 25.2 Å². The Morgan fingerprint density at radius 2 is 2.17 bits per heavy atom. The van der Waals surface area contributed by atoms with E-state index < -0.39 is 0 Å². The number of aliphatic imine (C=N–C) groups is 1. The number of nitrogens with one attached hydrogen (secondary N) is 2. The van der Waals surface area contributed by atoms with Crippen molar-refractivity contribution in [1.29, 1.82) is 0 Å². The maximum Gasteiger partial charge on any atom is 0.350 e. The lowest BCUT2D eigenvalue weighted by Gasteiger charge is -2.17. The van der Waals surface area contributed by atoms with Gasteiger partial charge in [-0.05, 0) is 32.4 Å². The summed E-state index contributed by atoms with van der Waals surface area (Å²) in [6.07, 6.45) is 5.45. The maximum atomic E-state index is 12.1. The quantitative estimate of drug-likeness (QED) is 0.342. The van der Waals surface area contributed by atoms with Gasteiger partial charge in [-0.2, -0.15) is 0 Å². The highest BCUT2D eigenvalue weighted by molar-refractivity contribution is 7.13. The summed E-state index contributed by atoms with van der Waals surface area (Å²) in [6, 6.07) is 8.00. The van der Waals surface area contributed by atoms with Gasteiger partial charge in [0.1, 0.15) is 9.88 Å². The normalized spacial score (nSPS) is 12.5. The van der Waals surface area contributed by atoms with E-state index in [2.05, 4.69) is 31.7 Å². The Hall–Kier alpha value is -3.20. The van der Waals surface area contributed by atoms with E-state index in [0.717, 1.165) is 16.3 Å². The lowest BCUT2D eigenvalue weighted by molar-refractivity contribution is 0.0531. The molecule has 158 valence electrons. The van der Waals surface area contributed by atoms with Crippen molar-refractivity contribution < 1.29 is 9.53 Å². The molecular weight excluding hydrogens is 400 g/mol. The number of carbonyl (C=O) groups is 1. The predicted molar refractivity (Wildman–Crippen MR) is 118 cm³/mol. The van der Waals surface area contributed by atoms with Gasteiger partial charge in [0.15, 0.2) is 5.96 Å². The molecule has 0 bridgehead atoms. The van der Waals surface area contributed by atoms with Crippen LogP contribution in [0, 0.1) is 6.92 Å². The summed E-state index contributed by atoms with van der Waals surface area (Å²) >= 11 is 1.34. The van der Waals surface area contributed by atoms with Crippen molar-refractivity contribution in [2.24, 2.45) is 4.99 Å². The average molecular weight is 427 g/mol. The Morgan fingerprint density at radius 3 is 2.87 bits per heavy atom. The highest BCUT2D eigenvalue weighted by Crippen LogP contribution is 2.24. The summed E-state index contributed by atoms with van der Waals surface area (Å²) in [4.78, 5) is 25.6. The second kappa shape index (κ2) is 10.0. The molecule has 0 aliphatic heterocycles. The van der Waals surface area contributed by atoms with Crippen LogP contribution in [-0.4, -0.2) is 40.1 Å². The van der Waals surface area contributed by atoms with E-state index in [0.29, 0.717) is 29.7 Å². The molecule has 0 aliphatic rings. The Morgan fingerprint density at radius 1 is 1.37 bits per heavy atom. The number of hydrogen-bond acceptors (Lipinski definition) is 6. The molecule has 0 amide bonds. The fraction of sp³-hybridized carbons (Fsp3) is 0.333. The van der Waals surface area contributed by atoms with Gasteiger partial charge in [0, 0.05) is 26.0 Å². The number of hydrogen-bond donors (Lipinski definition) is 2. The van der Waals surface area contributed by atoms with Crippen LogP contribution in [0.3, 0.4) is 0 Å². The summed E-state index contributed by atoms with van der Waals surface area (Å²) in [7, 11) is 1.72. The van der Waals surface area contributed by atoms with Crippen LogP contribution in [0.4, 0.5) is 0 Å². The van der Waals surface area contributed by atoms with Gasteiger partial charge >= 0.3 is 5.97 Å². The van der Waals surface area contributed by atoms with Crippen molar-refractivity contribution in [3.05, 3.63) is 64.1 Å². The third-order valence-electron chi connectivity index (χ3n) is 4.44. The predicted octanol–water partition coefficient (Wildman–Crippen LogP) is 3.24. The number of imidazole rings is 1. The van der Waals surface area contributed by atoms with Crippen LogP contribution in [0.1, 0.15) is 45.8 Å². The first-order valence-electron chi connectivity index (χ1n) is 9.71. The van der Waals surface area contributed by atoms with Crippen molar-refractivity contribution in [3.8, 4) is 5.69 Å². The number of ether oxygens (including phenoxy) is 1. The molecule has 1 unspecified atom stereocenters. The molecule has 3 aromatic rings. The van der Waals surface area contributed by atoms with Gasteiger partial charge in [-0.1, -0.05) is 18.2 Å². The van der Waals surface area contributed by atoms with Crippen molar-refractivity contribution in [3.63, 3.8) is 0 Å². The molecule has 1 aromatic carbocycles. The lowest BCUT2D eigenvalue weighted by atomic mass is 10.1. The fourth-order valence-corrected chi connectivity index (χ4v) is 3.91. The van der Waals surface area contributed by atoms with E-state index >= 15 is 0 Å². The number of guanidine groups is 1. The van der Waals surface area contributed by atoms with Gasteiger partial charge < -0.3 is 19.9 Å². The van der Waals surface area contributed by atoms with Crippen LogP contribution >= 0.6 is 11.3 Å². The summed E-state index contributed by atoms with van der Waals surface area (Å²) in [5.74, 6) is 0.318. The number of para-hydroxylation sites is 1. The van der Waals surface area contributed by atoms with Crippen LogP contribution in [0.25, 0.3) is 5.69 Å². The van der Waals surface area contributed by atoms with Crippen molar-refractivity contribution >= 4 is 23.3 Å². The van der Waals surface area contributed by atoms with E-state index in [1.807, 2.05) is 42.8 Å². The molecule has 0 aliphatic carbocycles. The van der Waals surface area contributed by atoms with E-state index in [9.17, 15) is 4.79 Å². The summed E-state index contributed by atoms with van der Waals surface area (Å²) in [5, 5.41) is 7.48. The SMILES string of the molecule is CCOC(=O)c1sc(C(C)NC(=NC)NCc2ccccc2-n2ccnc2)nc1C. The highest BCUT2D eigenvalue weighted by atomic mass is 32.1. The second-order valence-corrected chi connectivity index (χ2v) is 7.61. The smallest absolute Gasteiger partial charge is 0.350 e. The first-order valence-corrected chi connectivity index (χ1v) is 10.5. The zero-order chi connectivity index (χ0) is 21.5. The van der Waals surface area contributed by atoms with Gasteiger partial charge in [0.2, 0.25) is 0 Å². The number of thiazole rings is 1. The number of benzene rings is 1. The molecule has 1 atom stereocenters. The summed E-state index contributed by atoms with van der Waals surface area (Å²) in [5.41, 5.74) is 2.85. The van der Waals surface area contributed by atoms with Crippen molar-refractivity contribution in [2.75, 3.05) is 13.7 Å². The number of rotatable bonds is 7. The molecular formula is C21H26N6O2S. The lowest BCUT2D eigenvalue weighted by Crippen LogP contribution is -2.38. The van der Waals surface area contributed by atoms with E-state index in [1.54, 1.807) is 26.5 Å². The number of esters is 1. The maximum absolute atomic E-state index is 12.1. The largest absolute Gasteiger partial charge is 0.462 e. The molecule has 30 heavy (non-hydrogen) atoms. The molecule has 0 saturated carbocycles. The molecule has 0 spiro atoms.